The lowest BCUT2D eigenvalue weighted by atomic mass is 9.84. The molecule has 0 saturated carbocycles. The highest BCUT2D eigenvalue weighted by atomic mass is 35.5. The van der Waals surface area contributed by atoms with Crippen LogP contribution in [0.25, 0.3) is 0 Å². The van der Waals surface area contributed by atoms with Crippen LogP contribution in [0.5, 0.6) is 0 Å². The van der Waals surface area contributed by atoms with Crippen LogP contribution in [0.3, 0.4) is 0 Å². The molecular formula is C18H29Cl2N3O. The molecule has 1 aromatic carbocycles. The molecule has 1 amide bonds. The first-order valence-electron chi connectivity index (χ1n) is 8.55. The van der Waals surface area contributed by atoms with Crippen LogP contribution in [0.1, 0.15) is 44.6 Å². The van der Waals surface area contributed by atoms with Crippen LogP contribution in [0.4, 0.5) is 0 Å². The molecule has 0 aliphatic carbocycles. The molecule has 3 rings (SSSR count). The van der Waals surface area contributed by atoms with E-state index in [4.69, 9.17) is 0 Å². The number of hydrogen-bond acceptors (Lipinski definition) is 3. The van der Waals surface area contributed by atoms with Crippen LogP contribution < -0.4 is 5.43 Å². The third-order valence-corrected chi connectivity index (χ3v) is 5.09. The van der Waals surface area contributed by atoms with Gasteiger partial charge in [-0.3, -0.25) is 15.1 Å². The number of nitrogens with zero attached hydrogens (tertiary/aromatic N) is 2. The number of hydrogen-bond donors (Lipinski definition) is 1. The van der Waals surface area contributed by atoms with Crippen molar-refractivity contribution >= 4 is 30.7 Å². The molecule has 2 aliphatic heterocycles. The number of amides is 1. The number of benzene rings is 1. The molecule has 136 valence electrons. The Labute approximate surface area is 157 Å². The molecule has 4 nitrogen and oxygen atoms in total. The molecule has 0 aromatic heterocycles. The smallest absolute Gasteiger partial charge is 0.236 e. The van der Waals surface area contributed by atoms with Gasteiger partial charge in [-0.2, -0.15) is 0 Å². The highest BCUT2D eigenvalue weighted by molar-refractivity contribution is 5.85. The van der Waals surface area contributed by atoms with Crippen molar-refractivity contribution in [2.75, 3.05) is 19.6 Å². The maximum Gasteiger partial charge on any atom is 0.236 e. The number of carbonyl (C=O) groups excluding carboxylic acids is 1. The van der Waals surface area contributed by atoms with Gasteiger partial charge in [0.15, 0.2) is 0 Å². The lowest BCUT2D eigenvalue weighted by Gasteiger charge is -2.43. The topological polar surface area (TPSA) is 35.6 Å². The number of piperidine rings is 1. The Hall–Kier alpha value is -0.810. The molecular weight excluding hydrogens is 345 g/mol. The van der Waals surface area contributed by atoms with Gasteiger partial charge in [-0.25, -0.2) is 5.01 Å². The average Bonchev–Trinajstić information content (AvgIpc) is 2.84. The lowest BCUT2D eigenvalue weighted by Crippen LogP contribution is -2.54. The fourth-order valence-corrected chi connectivity index (χ4v) is 3.73. The first-order valence-corrected chi connectivity index (χ1v) is 8.55. The van der Waals surface area contributed by atoms with E-state index in [9.17, 15) is 4.79 Å². The monoisotopic (exact) mass is 373 g/mol. The van der Waals surface area contributed by atoms with Crippen molar-refractivity contribution in [2.24, 2.45) is 0 Å². The fourth-order valence-electron chi connectivity index (χ4n) is 3.73. The van der Waals surface area contributed by atoms with E-state index in [1.54, 1.807) is 0 Å². The van der Waals surface area contributed by atoms with Crippen LogP contribution in [-0.4, -0.2) is 41.0 Å². The van der Waals surface area contributed by atoms with Gasteiger partial charge in [0.25, 0.3) is 0 Å². The van der Waals surface area contributed by atoms with Crippen molar-refractivity contribution in [1.29, 1.82) is 0 Å². The Morgan fingerprint density at radius 3 is 2.42 bits per heavy atom. The van der Waals surface area contributed by atoms with Crippen molar-refractivity contribution < 1.29 is 4.79 Å². The second-order valence-corrected chi connectivity index (χ2v) is 6.70. The molecule has 24 heavy (non-hydrogen) atoms. The van der Waals surface area contributed by atoms with Crippen molar-refractivity contribution in [2.45, 2.75) is 51.1 Å². The van der Waals surface area contributed by atoms with Crippen LogP contribution >= 0.6 is 24.8 Å². The summed E-state index contributed by atoms with van der Waals surface area (Å²) in [5, 5.41) is 2.25. The van der Waals surface area contributed by atoms with Crippen molar-refractivity contribution in [3.05, 3.63) is 35.9 Å². The first kappa shape index (κ1) is 21.2. The SMILES string of the molecule is CCCCN1NC(=O)CC12CCN(Cc1ccccc1)CC2.Cl.Cl. The molecule has 0 unspecified atom stereocenters. The lowest BCUT2D eigenvalue weighted by molar-refractivity contribution is -0.121. The van der Waals surface area contributed by atoms with Gasteiger partial charge >= 0.3 is 0 Å². The zero-order chi connectivity index (χ0) is 15.4. The molecule has 1 spiro atoms. The molecule has 1 N–H and O–H groups in total. The first-order chi connectivity index (χ1) is 10.7. The molecule has 6 heteroatoms. The van der Waals surface area contributed by atoms with E-state index in [1.165, 1.54) is 12.0 Å². The summed E-state index contributed by atoms with van der Waals surface area (Å²) in [6.07, 6.45) is 5.17. The Morgan fingerprint density at radius 1 is 1.12 bits per heavy atom. The van der Waals surface area contributed by atoms with Gasteiger partial charge in [-0.15, -0.1) is 24.8 Å². The molecule has 2 fully saturated rings. The van der Waals surface area contributed by atoms with E-state index >= 15 is 0 Å². The summed E-state index contributed by atoms with van der Waals surface area (Å²) in [7, 11) is 0. The molecule has 1 aromatic rings. The highest BCUT2D eigenvalue weighted by Gasteiger charge is 2.46. The van der Waals surface area contributed by atoms with Crippen LogP contribution in [-0.2, 0) is 11.3 Å². The molecule has 0 atom stereocenters. The number of hydrazine groups is 1. The summed E-state index contributed by atoms with van der Waals surface area (Å²) in [6.45, 7) is 6.36. The maximum atomic E-state index is 11.9. The number of rotatable bonds is 5. The predicted octanol–water partition coefficient (Wildman–Crippen LogP) is 3.40. The molecule has 0 radical (unpaired) electrons. The zero-order valence-electron chi connectivity index (χ0n) is 14.4. The van der Waals surface area contributed by atoms with Gasteiger partial charge in [-0.05, 0) is 24.8 Å². The van der Waals surface area contributed by atoms with E-state index < -0.39 is 0 Å². The number of halogens is 2. The van der Waals surface area contributed by atoms with Gasteiger partial charge in [0.1, 0.15) is 0 Å². The summed E-state index contributed by atoms with van der Waals surface area (Å²) < 4.78 is 0. The van der Waals surface area contributed by atoms with Gasteiger partial charge in [0.05, 0.1) is 5.54 Å². The summed E-state index contributed by atoms with van der Waals surface area (Å²) in [4.78, 5) is 14.4. The number of likely N-dealkylation sites (tertiary alicyclic amines) is 1. The molecule has 2 saturated heterocycles. The standard InChI is InChI=1S/C18H27N3O.2ClH/c1-2-3-11-21-18(14-17(22)19-21)9-12-20(13-10-18)15-16-7-5-4-6-8-16;;/h4-8H,2-3,9-15H2,1H3,(H,19,22);2*1H. The summed E-state index contributed by atoms with van der Waals surface area (Å²) in [6, 6.07) is 10.7. The minimum atomic E-state index is 0. The molecule has 2 aliphatic rings. The minimum absolute atomic E-state index is 0. The van der Waals surface area contributed by atoms with Gasteiger partial charge in [0, 0.05) is 32.6 Å². The highest BCUT2D eigenvalue weighted by Crippen LogP contribution is 2.35. The third kappa shape index (κ3) is 4.85. The van der Waals surface area contributed by atoms with Gasteiger partial charge in [-0.1, -0.05) is 43.7 Å². The zero-order valence-corrected chi connectivity index (χ0v) is 16.0. The summed E-state index contributed by atoms with van der Waals surface area (Å²) in [5.41, 5.74) is 4.54. The predicted molar refractivity (Wildman–Crippen MR) is 103 cm³/mol. The van der Waals surface area contributed by atoms with E-state index in [2.05, 4.69) is 52.6 Å². The van der Waals surface area contributed by atoms with E-state index in [0.717, 1.165) is 45.4 Å². The van der Waals surface area contributed by atoms with Gasteiger partial charge < -0.3 is 0 Å². The van der Waals surface area contributed by atoms with Gasteiger partial charge in [0.2, 0.25) is 5.91 Å². The van der Waals surface area contributed by atoms with E-state index in [0.29, 0.717) is 6.42 Å². The average molecular weight is 374 g/mol. The molecule has 2 heterocycles. The van der Waals surface area contributed by atoms with Crippen LogP contribution in [0, 0.1) is 0 Å². The maximum absolute atomic E-state index is 11.9. The molecule has 0 bridgehead atoms. The largest absolute Gasteiger partial charge is 0.299 e. The normalized spacial score (nSPS) is 20.3. The Bertz CT molecular complexity index is 504. The van der Waals surface area contributed by atoms with Crippen molar-refractivity contribution in [3.8, 4) is 0 Å². The summed E-state index contributed by atoms with van der Waals surface area (Å²) >= 11 is 0. The van der Waals surface area contributed by atoms with Crippen molar-refractivity contribution in [1.82, 2.24) is 15.3 Å². The quantitative estimate of drug-likeness (QED) is 0.858. The Kier molecular flexibility index (Phi) is 8.51. The summed E-state index contributed by atoms with van der Waals surface area (Å²) in [5.74, 6) is 0.201. The van der Waals surface area contributed by atoms with Crippen molar-refractivity contribution in [3.63, 3.8) is 0 Å². The van der Waals surface area contributed by atoms with E-state index in [-0.39, 0.29) is 36.3 Å². The van der Waals surface area contributed by atoms with E-state index in [1.807, 2.05) is 0 Å². The minimum Gasteiger partial charge on any atom is -0.299 e. The number of unbranched alkanes of at least 4 members (excludes halogenated alkanes) is 1. The number of carbonyl (C=O) groups is 1. The second-order valence-electron chi connectivity index (χ2n) is 6.70. The second kappa shape index (κ2) is 9.62. The fraction of sp³-hybridized carbons (Fsp3) is 0.611. The van der Waals surface area contributed by atoms with Crippen LogP contribution in [0.15, 0.2) is 30.3 Å². The Morgan fingerprint density at radius 2 is 1.79 bits per heavy atom. The third-order valence-electron chi connectivity index (χ3n) is 5.09. The Balaban J connectivity index is 0.00000144. The van der Waals surface area contributed by atoms with Crippen LogP contribution in [0.2, 0.25) is 0 Å². The number of nitrogens with one attached hydrogen (secondary N) is 1.